The van der Waals surface area contributed by atoms with Crippen molar-refractivity contribution >= 4 is 11.8 Å². The second kappa shape index (κ2) is 14.0. The molecule has 4 rings (SSSR count). The lowest BCUT2D eigenvalue weighted by Gasteiger charge is -2.31. The number of aliphatic carboxylic acids is 1. The predicted octanol–water partition coefficient (Wildman–Crippen LogP) is 4.75. The number of rotatable bonds is 12. The molecule has 1 saturated carbocycles. The molecule has 3 N–H and O–H groups in total. The molecule has 1 saturated heterocycles. The van der Waals surface area contributed by atoms with Crippen LogP contribution in [0.3, 0.4) is 0 Å². The molecule has 0 unspecified atom stereocenters. The third-order valence-corrected chi connectivity index (χ3v) is 8.29. The summed E-state index contributed by atoms with van der Waals surface area (Å²) in [6.45, 7) is 7.89. The van der Waals surface area contributed by atoms with Gasteiger partial charge in [-0.05, 0) is 95.4 Å². The number of nitriles is 1. The number of nitrogens with one attached hydrogen (secondary N) is 2. The summed E-state index contributed by atoms with van der Waals surface area (Å²) >= 11 is 0. The number of ether oxygens (including phenoxy) is 2. The zero-order valence-electron chi connectivity index (χ0n) is 24.0. The zero-order valence-corrected chi connectivity index (χ0v) is 24.0. The van der Waals surface area contributed by atoms with Gasteiger partial charge in [0.2, 0.25) is 0 Å². The fourth-order valence-electron chi connectivity index (χ4n) is 5.63. The molecule has 0 radical (unpaired) electrons. The lowest BCUT2D eigenvalue weighted by atomic mass is 9.82. The summed E-state index contributed by atoms with van der Waals surface area (Å²) in [5, 5.41) is 25.8. The van der Waals surface area contributed by atoms with Gasteiger partial charge < -0.3 is 25.2 Å². The molecule has 40 heavy (non-hydrogen) atoms. The van der Waals surface area contributed by atoms with E-state index in [0.717, 1.165) is 73.3 Å². The van der Waals surface area contributed by atoms with Crippen LogP contribution in [0, 0.1) is 29.6 Å². The van der Waals surface area contributed by atoms with Gasteiger partial charge in [-0.1, -0.05) is 6.07 Å². The van der Waals surface area contributed by atoms with Crippen LogP contribution in [-0.4, -0.2) is 65.6 Å². The highest BCUT2D eigenvalue weighted by Crippen LogP contribution is 2.31. The Morgan fingerprint density at radius 2 is 2.00 bits per heavy atom. The van der Waals surface area contributed by atoms with E-state index < -0.39 is 17.5 Å². The van der Waals surface area contributed by atoms with Gasteiger partial charge in [0.15, 0.2) is 6.10 Å². The maximum Gasteiger partial charge on any atom is 0.332 e. The summed E-state index contributed by atoms with van der Waals surface area (Å²) < 4.78 is 10.9. The van der Waals surface area contributed by atoms with Gasteiger partial charge in [0, 0.05) is 49.3 Å². The predicted molar refractivity (Wildman–Crippen MR) is 154 cm³/mol. The first-order valence-corrected chi connectivity index (χ1v) is 14.5. The molecule has 0 amide bonds. The highest BCUT2D eigenvalue weighted by molar-refractivity contribution is 5.71. The second-order valence-corrected chi connectivity index (χ2v) is 11.6. The molecule has 2 aromatic heterocycles. The first-order chi connectivity index (χ1) is 19.3. The van der Waals surface area contributed by atoms with Crippen LogP contribution in [0.25, 0.3) is 11.3 Å². The van der Waals surface area contributed by atoms with Crippen molar-refractivity contribution in [3.63, 3.8) is 0 Å². The molecule has 2 aliphatic rings. The van der Waals surface area contributed by atoms with Crippen LogP contribution in [-0.2, 0) is 20.7 Å². The molecule has 0 aromatic carbocycles. The molecule has 0 spiro atoms. The highest BCUT2D eigenvalue weighted by atomic mass is 16.5. The first kappa shape index (κ1) is 29.9. The van der Waals surface area contributed by atoms with Gasteiger partial charge in [0.1, 0.15) is 5.82 Å². The average Bonchev–Trinajstić information content (AvgIpc) is 2.97. The molecule has 9 nitrogen and oxygen atoms in total. The third kappa shape index (κ3) is 8.23. The minimum atomic E-state index is -0.931. The number of carboxylic acids is 1. The van der Waals surface area contributed by atoms with Crippen molar-refractivity contribution in [2.75, 3.05) is 31.7 Å². The average molecular weight is 550 g/mol. The maximum atomic E-state index is 11.0. The molecule has 3 heterocycles. The fraction of sp³-hybridized carbons (Fsp3) is 0.613. The molecule has 9 heteroatoms. The SMILES string of the molecule is Cc1cnc(CC2CCC(N[C@H](C)CO[C@@H](C)C(=O)O)CC2)cc1-c1cccc(NCC2(C#N)CCOCC2)n1. The van der Waals surface area contributed by atoms with Crippen molar-refractivity contribution in [3.05, 3.63) is 41.7 Å². The Bertz CT molecular complexity index is 1170. The fourth-order valence-corrected chi connectivity index (χ4v) is 5.63. The van der Waals surface area contributed by atoms with Crippen LogP contribution in [0.15, 0.2) is 30.5 Å². The van der Waals surface area contributed by atoms with Gasteiger partial charge in [0.25, 0.3) is 0 Å². The Morgan fingerprint density at radius 1 is 1.25 bits per heavy atom. The molecule has 216 valence electrons. The Morgan fingerprint density at radius 3 is 2.70 bits per heavy atom. The topological polar surface area (TPSA) is 129 Å². The van der Waals surface area contributed by atoms with E-state index in [4.69, 9.17) is 24.5 Å². The van der Waals surface area contributed by atoms with E-state index in [9.17, 15) is 10.1 Å². The monoisotopic (exact) mass is 549 g/mol. The third-order valence-electron chi connectivity index (χ3n) is 8.29. The van der Waals surface area contributed by atoms with Crippen molar-refractivity contribution < 1.29 is 19.4 Å². The molecule has 2 atom stereocenters. The number of anilines is 1. The summed E-state index contributed by atoms with van der Waals surface area (Å²) in [5.41, 5.74) is 3.77. The van der Waals surface area contributed by atoms with Crippen LogP contribution in [0.2, 0.25) is 0 Å². The lowest BCUT2D eigenvalue weighted by Crippen LogP contribution is -2.42. The Labute approximate surface area is 237 Å². The van der Waals surface area contributed by atoms with Gasteiger partial charge in [-0.3, -0.25) is 4.98 Å². The summed E-state index contributed by atoms with van der Waals surface area (Å²) in [5.74, 6) is 0.432. The smallest absolute Gasteiger partial charge is 0.332 e. The number of aryl methyl sites for hydroxylation is 1. The number of aromatic nitrogens is 2. The van der Waals surface area contributed by atoms with Gasteiger partial charge in [-0.15, -0.1) is 0 Å². The molecule has 2 aromatic rings. The van der Waals surface area contributed by atoms with Crippen molar-refractivity contribution in [2.45, 2.75) is 83.9 Å². The summed E-state index contributed by atoms with van der Waals surface area (Å²) in [7, 11) is 0. The minimum Gasteiger partial charge on any atom is -0.479 e. The summed E-state index contributed by atoms with van der Waals surface area (Å²) in [6, 6.07) is 11.2. The van der Waals surface area contributed by atoms with Crippen LogP contribution in [0.5, 0.6) is 0 Å². The molecular formula is C31H43N5O4. The number of hydrogen-bond donors (Lipinski definition) is 3. The number of carbonyl (C=O) groups is 1. The van der Waals surface area contributed by atoms with Gasteiger partial charge in [-0.25, -0.2) is 9.78 Å². The molecule has 1 aliphatic heterocycles. The maximum absolute atomic E-state index is 11.0. The molecule has 2 fully saturated rings. The Kier molecular flexibility index (Phi) is 10.5. The molecule has 0 bridgehead atoms. The largest absolute Gasteiger partial charge is 0.479 e. The molecule has 1 aliphatic carbocycles. The zero-order chi connectivity index (χ0) is 28.5. The van der Waals surface area contributed by atoms with Crippen LogP contribution in [0.1, 0.15) is 63.6 Å². The lowest BCUT2D eigenvalue weighted by molar-refractivity contribution is -0.149. The first-order valence-electron chi connectivity index (χ1n) is 14.5. The summed E-state index contributed by atoms with van der Waals surface area (Å²) in [6.07, 6.45) is 8.03. The molecular weight excluding hydrogens is 506 g/mol. The van der Waals surface area contributed by atoms with Crippen LogP contribution < -0.4 is 10.6 Å². The normalized spacial score (nSPS) is 22.1. The Balaban J connectivity index is 1.31. The van der Waals surface area contributed by atoms with Gasteiger partial charge in [-0.2, -0.15) is 5.26 Å². The van der Waals surface area contributed by atoms with E-state index in [-0.39, 0.29) is 6.04 Å². The van der Waals surface area contributed by atoms with Crippen molar-refractivity contribution in [2.24, 2.45) is 11.3 Å². The second-order valence-electron chi connectivity index (χ2n) is 11.6. The highest BCUT2D eigenvalue weighted by Gasteiger charge is 2.32. The van der Waals surface area contributed by atoms with E-state index in [2.05, 4.69) is 29.7 Å². The van der Waals surface area contributed by atoms with Crippen molar-refractivity contribution in [1.82, 2.24) is 15.3 Å². The minimum absolute atomic E-state index is 0.115. The van der Waals surface area contributed by atoms with E-state index in [1.54, 1.807) is 6.92 Å². The van der Waals surface area contributed by atoms with E-state index in [1.165, 1.54) is 0 Å². The van der Waals surface area contributed by atoms with E-state index in [0.29, 0.717) is 38.3 Å². The Hall–Kier alpha value is -3.06. The van der Waals surface area contributed by atoms with Gasteiger partial charge >= 0.3 is 5.97 Å². The van der Waals surface area contributed by atoms with E-state index in [1.807, 2.05) is 31.3 Å². The van der Waals surface area contributed by atoms with Crippen molar-refractivity contribution in [3.8, 4) is 17.3 Å². The van der Waals surface area contributed by atoms with E-state index >= 15 is 0 Å². The van der Waals surface area contributed by atoms with Gasteiger partial charge in [0.05, 0.1) is 23.8 Å². The number of pyridine rings is 2. The quantitative estimate of drug-likeness (QED) is 0.343. The van der Waals surface area contributed by atoms with Crippen LogP contribution in [0.4, 0.5) is 5.82 Å². The standard InChI is InChI=1S/C31H43N5O4/c1-21-17-33-26(15-24-7-9-25(10-8-24)35-22(2)18-40-23(3)30(37)38)16-27(21)28-5-4-6-29(36-28)34-20-31(19-32)11-13-39-14-12-31/h4-6,16-17,22-25,35H,7-15,18,20H2,1-3H3,(H,34,36)(H,37,38)/t22-,23+,24?,25?/m1/s1. The number of hydrogen-bond acceptors (Lipinski definition) is 8. The van der Waals surface area contributed by atoms with Crippen LogP contribution >= 0.6 is 0 Å². The van der Waals surface area contributed by atoms with Crippen molar-refractivity contribution in [1.29, 1.82) is 5.26 Å². The number of carboxylic acid groups (broad SMARTS) is 1. The number of nitrogens with zero attached hydrogens (tertiary/aromatic N) is 3. The summed E-state index contributed by atoms with van der Waals surface area (Å²) in [4.78, 5) is 20.6.